The van der Waals surface area contributed by atoms with E-state index in [-0.39, 0.29) is 11.6 Å². The van der Waals surface area contributed by atoms with Crippen LogP contribution in [0.1, 0.15) is 25.3 Å². The molecule has 19 heavy (non-hydrogen) atoms. The van der Waals surface area contributed by atoms with Crippen LogP contribution in [0.2, 0.25) is 5.02 Å². The monoisotopic (exact) mass is 281 g/mol. The van der Waals surface area contributed by atoms with Crippen molar-refractivity contribution >= 4 is 17.6 Å². The van der Waals surface area contributed by atoms with E-state index in [1.807, 2.05) is 38.1 Å². The second-order valence-corrected chi connectivity index (χ2v) is 6.24. The van der Waals surface area contributed by atoms with Crippen LogP contribution in [-0.2, 0) is 0 Å². The van der Waals surface area contributed by atoms with E-state index in [4.69, 9.17) is 17.3 Å². The van der Waals surface area contributed by atoms with Gasteiger partial charge in [-0.05, 0) is 31.5 Å². The van der Waals surface area contributed by atoms with Crippen LogP contribution in [0, 0.1) is 0 Å². The molecule has 0 unspecified atom stereocenters. The number of amides is 2. The van der Waals surface area contributed by atoms with Gasteiger partial charge in [-0.3, -0.25) is 0 Å². The fraction of sp³-hybridized carbons (Fsp3) is 0.500. The summed E-state index contributed by atoms with van der Waals surface area (Å²) in [4.78, 5) is 13.6. The molecule has 104 valence electrons. The number of hydrogen-bond donors (Lipinski definition) is 2. The number of nitrogens with zero attached hydrogens (tertiary/aromatic N) is 1. The molecule has 1 aromatic rings. The minimum Gasteiger partial charge on any atom is -0.336 e. The number of hydrogen-bond acceptors (Lipinski definition) is 2. The Balaban J connectivity index is 1.79. The lowest BCUT2D eigenvalue weighted by Gasteiger charge is -2.40. The van der Waals surface area contributed by atoms with Crippen molar-refractivity contribution in [2.45, 2.75) is 25.3 Å². The molecule has 2 rings (SSSR count). The van der Waals surface area contributed by atoms with Crippen LogP contribution in [0.5, 0.6) is 0 Å². The summed E-state index contributed by atoms with van der Waals surface area (Å²) < 4.78 is 0. The first-order valence-electron chi connectivity index (χ1n) is 6.42. The largest absolute Gasteiger partial charge is 0.336 e. The molecule has 1 saturated heterocycles. The lowest BCUT2D eigenvalue weighted by Crippen LogP contribution is -2.55. The van der Waals surface area contributed by atoms with Gasteiger partial charge in [0.1, 0.15) is 0 Å². The van der Waals surface area contributed by atoms with Crippen LogP contribution >= 0.6 is 11.6 Å². The van der Waals surface area contributed by atoms with Gasteiger partial charge < -0.3 is 16.0 Å². The average Bonchev–Trinajstić information content (AvgIpc) is 2.26. The molecule has 1 aromatic carbocycles. The predicted octanol–water partition coefficient (Wildman–Crippen LogP) is 2.19. The van der Waals surface area contributed by atoms with E-state index in [9.17, 15) is 4.79 Å². The summed E-state index contributed by atoms with van der Waals surface area (Å²) in [6.07, 6.45) is 0. The summed E-state index contributed by atoms with van der Waals surface area (Å²) in [7, 11) is 0. The molecule has 5 heteroatoms. The van der Waals surface area contributed by atoms with Crippen LogP contribution in [0.3, 0.4) is 0 Å². The van der Waals surface area contributed by atoms with Crippen molar-refractivity contribution in [2.24, 2.45) is 5.73 Å². The quantitative estimate of drug-likeness (QED) is 0.892. The number of nitrogens with one attached hydrogen (secondary N) is 1. The SMILES string of the molecule is CC(C)(N)CNC(=O)N1CC(c2ccc(Cl)cc2)C1. The molecule has 0 aromatic heterocycles. The second-order valence-electron chi connectivity index (χ2n) is 5.80. The van der Waals surface area contributed by atoms with Gasteiger partial charge in [0.15, 0.2) is 0 Å². The summed E-state index contributed by atoms with van der Waals surface area (Å²) in [6, 6.07) is 7.77. The lowest BCUT2D eigenvalue weighted by atomic mass is 9.92. The third-order valence-electron chi connectivity index (χ3n) is 3.21. The van der Waals surface area contributed by atoms with Crippen molar-refractivity contribution in [3.8, 4) is 0 Å². The molecule has 0 saturated carbocycles. The number of benzene rings is 1. The van der Waals surface area contributed by atoms with Crippen LogP contribution in [0.25, 0.3) is 0 Å². The molecule has 4 nitrogen and oxygen atoms in total. The Kier molecular flexibility index (Phi) is 4.02. The van der Waals surface area contributed by atoms with E-state index < -0.39 is 0 Å². The Morgan fingerprint density at radius 2 is 2.00 bits per heavy atom. The fourth-order valence-electron chi connectivity index (χ4n) is 2.01. The minimum atomic E-state index is -0.379. The highest BCUT2D eigenvalue weighted by atomic mass is 35.5. The summed E-state index contributed by atoms with van der Waals surface area (Å²) in [5.41, 5.74) is 6.68. The molecule has 2 amide bonds. The molecular weight excluding hydrogens is 262 g/mol. The molecule has 1 heterocycles. The van der Waals surface area contributed by atoms with Gasteiger partial charge in [0, 0.05) is 36.1 Å². The smallest absolute Gasteiger partial charge is 0.317 e. The van der Waals surface area contributed by atoms with Crippen molar-refractivity contribution in [3.05, 3.63) is 34.9 Å². The molecular formula is C14H20ClN3O. The zero-order chi connectivity index (χ0) is 14.0. The maximum absolute atomic E-state index is 11.8. The number of likely N-dealkylation sites (tertiary alicyclic amines) is 1. The Labute approximate surface area is 118 Å². The van der Waals surface area contributed by atoms with E-state index in [1.165, 1.54) is 5.56 Å². The van der Waals surface area contributed by atoms with Crippen LogP contribution in [-0.4, -0.2) is 36.1 Å². The molecule has 1 aliphatic rings. The summed E-state index contributed by atoms with van der Waals surface area (Å²) in [5, 5.41) is 3.59. The van der Waals surface area contributed by atoms with Gasteiger partial charge in [0.05, 0.1) is 0 Å². The molecule has 3 N–H and O–H groups in total. The molecule has 0 aliphatic carbocycles. The third kappa shape index (κ3) is 3.85. The first-order valence-corrected chi connectivity index (χ1v) is 6.80. The van der Waals surface area contributed by atoms with Gasteiger partial charge in [-0.15, -0.1) is 0 Å². The number of carbonyl (C=O) groups is 1. The van der Waals surface area contributed by atoms with Gasteiger partial charge in [-0.2, -0.15) is 0 Å². The summed E-state index contributed by atoms with van der Waals surface area (Å²) >= 11 is 5.85. The van der Waals surface area contributed by atoms with Crippen molar-refractivity contribution in [1.29, 1.82) is 0 Å². The summed E-state index contributed by atoms with van der Waals surface area (Å²) in [5.74, 6) is 0.411. The van der Waals surface area contributed by atoms with E-state index >= 15 is 0 Å². The Bertz CT molecular complexity index is 447. The van der Waals surface area contributed by atoms with E-state index in [0.29, 0.717) is 12.5 Å². The standard InChI is InChI=1S/C14H20ClN3O/c1-14(2,16)9-17-13(19)18-7-11(8-18)10-3-5-12(15)6-4-10/h3-6,11H,7-9,16H2,1-2H3,(H,17,19). The van der Waals surface area contributed by atoms with Gasteiger partial charge in [0.2, 0.25) is 0 Å². The average molecular weight is 282 g/mol. The number of nitrogens with two attached hydrogens (primary N) is 1. The van der Waals surface area contributed by atoms with Crippen LogP contribution in [0.4, 0.5) is 4.79 Å². The Hall–Kier alpha value is -1.26. The van der Waals surface area contributed by atoms with Gasteiger partial charge >= 0.3 is 6.03 Å². The highest BCUT2D eigenvalue weighted by Crippen LogP contribution is 2.27. The van der Waals surface area contributed by atoms with Crippen LogP contribution < -0.4 is 11.1 Å². The Morgan fingerprint density at radius 1 is 1.42 bits per heavy atom. The maximum Gasteiger partial charge on any atom is 0.317 e. The zero-order valence-electron chi connectivity index (χ0n) is 11.3. The molecule has 1 aliphatic heterocycles. The lowest BCUT2D eigenvalue weighted by molar-refractivity contribution is 0.150. The molecule has 0 radical (unpaired) electrons. The number of rotatable bonds is 3. The predicted molar refractivity (Wildman–Crippen MR) is 77.4 cm³/mol. The number of halogens is 1. The molecule has 1 fully saturated rings. The topological polar surface area (TPSA) is 58.4 Å². The van der Waals surface area contributed by atoms with Crippen molar-refractivity contribution in [2.75, 3.05) is 19.6 Å². The molecule has 0 atom stereocenters. The fourth-order valence-corrected chi connectivity index (χ4v) is 2.13. The second kappa shape index (κ2) is 5.39. The van der Waals surface area contributed by atoms with Crippen molar-refractivity contribution in [3.63, 3.8) is 0 Å². The third-order valence-corrected chi connectivity index (χ3v) is 3.46. The highest BCUT2D eigenvalue weighted by Gasteiger charge is 2.31. The maximum atomic E-state index is 11.8. The number of carbonyl (C=O) groups excluding carboxylic acids is 1. The van der Waals surface area contributed by atoms with Crippen molar-refractivity contribution in [1.82, 2.24) is 10.2 Å². The van der Waals surface area contributed by atoms with Gasteiger partial charge in [-0.25, -0.2) is 4.79 Å². The molecule has 0 bridgehead atoms. The first kappa shape index (κ1) is 14.2. The zero-order valence-corrected chi connectivity index (χ0v) is 12.1. The molecule has 0 spiro atoms. The van der Waals surface area contributed by atoms with E-state index in [0.717, 1.165) is 18.1 Å². The number of urea groups is 1. The van der Waals surface area contributed by atoms with E-state index in [1.54, 1.807) is 4.90 Å². The van der Waals surface area contributed by atoms with Crippen LogP contribution in [0.15, 0.2) is 24.3 Å². The Morgan fingerprint density at radius 3 is 2.53 bits per heavy atom. The highest BCUT2D eigenvalue weighted by molar-refractivity contribution is 6.30. The summed E-state index contributed by atoms with van der Waals surface area (Å²) in [6.45, 7) is 5.75. The van der Waals surface area contributed by atoms with E-state index in [2.05, 4.69) is 5.32 Å². The van der Waals surface area contributed by atoms with Gasteiger partial charge in [0.25, 0.3) is 0 Å². The van der Waals surface area contributed by atoms with Crippen molar-refractivity contribution < 1.29 is 4.79 Å². The van der Waals surface area contributed by atoms with Gasteiger partial charge in [-0.1, -0.05) is 23.7 Å². The minimum absolute atomic E-state index is 0.0382. The normalized spacial score (nSPS) is 16.1. The first-order chi connectivity index (χ1) is 8.85.